The number of rotatable bonds is 2. The molecule has 4 nitrogen and oxygen atoms in total. The fourth-order valence-corrected chi connectivity index (χ4v) is 1.60. The second kappa shape index (κ2) is 6.10. The van der Waals surface area contributed by atoms with Gasteiger partial charge >= 0.3 is 0 Å². The van der Waals surface area contributed by atoms with Crippen molar-refractivity contribution in [2.45, 2.75) is 0 Å². The summed E-state index contributed by atoms with van der Waals surface area (Å²) in [6.07, 6.45) is 1.42. The topological polar surface area (TPSA) is 62.5 Å². The Morgan fingerprint density at radius 3 is 2.95 bits per heavy atom. The largest absolute Gasteiger partial charge is 0.459 e. The van der Waals surface area contributed by atoms with E-state index < -0.39 is 0 Å². The molecule has 19 heavy (non-hydrogen) atoms. The Hall–Kier alpha value is -2.22. The minimum Gasteiger partial charge on any atom is -0.459 e. The Kier molecular flexibility index (Phi) is 4.24. The smallest absolute Gasteiger partial charge is 0.291 e. The lowest BCUT2D eigenvalue weighted by Gasteiger charge is -2.06. The van der Waals surface area contributed by atoms with E-state index in [9.17, 15) is 4.79 Å². The molecule has 0 radical (unpaired) electrons. The summed E-state index contributed by atoms with van der Waals surface area (Å²) in [7, 11) is 0. The normalized spacial score (nSPS) is 9.58. The van der Waals surface area contributed by atoms with Crippen molar-refractivity contribution in [3.8, 4) is 11.8 Å². The van der Waals surface area contributed by atoms with E-state index in [1.807, 2.05) is 0 Å². The van der Waals surface area contributed by atoms with Gasteiger partial charge in [0.2, 0.25) is 0 Å². The van der Waals surface area contributed by atoms with Crippen molar-refractivity contribution in [3.63, 3.8) is 0 Å². The van der Waals surface area contributed by atoms with Crippen LogP contribution in [0.1, 0.15) is 16.1 Å². The van der Waals surface area contributed by atoms with Gasteiger partial charge in [-0.1, -0.05) is 23.4 Å². The van der Waals surface area contributed by atoms with E-state index in [-0.39, 0.29) is 18.3 Å². The Labute approximate surface area is 115 Å². The first-order chi connectivity index (χ1) is 9.20. The molecule has 96 valence electrons. The van der Waals surface area contributed by atoms with Crippen LogP contribution in [0.2, 0.25) is 5.02 Å². The molecule has 5 heteroatoms. The minimum absolute atomic E-state index is 0.197. The van der Waals surface area contributed by atoms with Crippen LogP contribution in [0.4, 0.5) is 5.69 Å². The summed E-state index contributed by atoms with van der Waals surface area (Å²) in [6.45, 7) is -0.225. The molecule has 2 N–H and O–H groups in total. The Balaban J connectivity index is 2.22. The Bertz CT molecular complexity index is 638. The summed E-state index contributed by atoms with van der Waals surface area (Å²) in [5, 5.41) is 11.7. The first-order valence-corrected chi connectivity index (χ1v) is 5.82. The lowest BCUT2D eigenvalue weighted by atomic mass is 10.2. The van der Waals surface area contributed by atoms with Gasteiger partial charge in [0.15, 0.2) is 5.76 Å². The summed E-state index contributed by atoms with van der Waals surface area (Å²) in [4.78, 5) is 11.8. The highest BCUT2D eigenvalue weighted by atomic mass is 35.5. The number of benzene rings is 1. The number of hydrogen-bond acceptors (Lipinski definition) is 3. The van der Waals surface area contributed by atoms with E-state index >= 15 is 0 Å². The van der Waals surface area contributed by atoms with E-state index in [1.54, 1.807) is 30.3 Å². The molecule has 0 atom stereocenters. The molecule has 0 aliphatic heterocycles. The van der Waals surface area contributed by atoms with E-state index in [1.165, 1.54) is 6.26 Å². The predicted molar refractivity (Wildman–Crippen MR) is 72.1 cm³/mol. The molecule has 0 bridgehead atoms. The number of carbonyl (C=O) groups is 1. The van der Waals surface area contributed by atoms with Gasteiger partial charge in [-0.25, -0.2) is 0 Å². The number of aliphatic hydroxyl groups is 1. The SMILES string of the molecule is O=C(Nc1cc(C#CCO)ccc1Cl)c1ccco1. The summed E-state index contributed by atoms with van der Waals surface area (Å²) in [6, 6.07) is 8.14. The predicted octanol–water partition coefficient (Wildman–Crippen LogP) is 2.53. The molecular formula is C14H10ClNO3. The van der Waals surface area contributed by atoms with Crippen LogP contribution in [0.25, 0.3) is 0 Å². The molecule has 2 aromatic rings. The standard InChI is InChI=1S/C14H10ClNO3/c15-11-6-5-10(3-1-7-17)9-12(11)16-14(18)13-4-2-8-19-13/h2,4-6,8-9,17H,7H2,(H,16,18). The third-order valence-electron chi connectivity index (χ3n) is 2.27. The lowest BCUT2D eigenvalue weighted by Crippen LogP contribution is -2.11. The molecule has 1 heterocycles. The molecule has 0 saturated heterocycles. The van der Waals surface area contributed by atoms with E-state index in [0.717, 1.165) is 0 Å². The van der Waals surface area contributed by atoms with Crippen LogP contribution in [0.5, 0.6) is 0 Å². The zero-order valence-electron chi connectivity index (χ0n) is 9.81. The molecule has 0 aliphatic rings. The van der Waals surface area contributed by atoms with Gasteiger partial charge in [0.25, 0.3) is 5.91 Å². The fraction of sp³-hybridized carbons (Fsp3) is 0.0714. The zero-order valence-corrected chi connectivity index (χ0v) is 10.6. The van der Waals surface area contributed by atoms with Crippen LogP contribution in [0, 0.1) is 11.8 Å². The van der Waals surface area contributed by atoms with Crippen molar-refractivity contribution in [1.29, 1.82) is 0 Å². The molecule has 2 rings (SSSR count). The molecule has 1 amide bonds. The van der Waals surface area contributed by atoms with Crippen molar-refractivity contribution in [2.75, 3.05) is 11.9 Å². The number of amides is 1. The monoisotopic (exact) mass is 275 g/mol. The van der Waals surface area contributed by atoms with Crippen LogP contribution in [-0.4, -0.2) is 17.6 Å². The van der Waals surface area contributed by atoms with Crippen molar-refractivity contribution < 1.29 is 14.3 Å². The van der Waals surface area contributed by atoms with E-state index in [4.69, 9.17) is 21.1 Å². The molecular weight excluding hydrogens is 266 g/mol. The molecule has 0 fully saturated rings. The Morgan fingerprint density at radius 1 is 1.42 bits per heavy atom. The average molecular weight is 276 g/mol. The van der Waals surface area contributed by atoms with Crippen LogP contribution in [-0.2, 0) is 0 Å². The van der Waals surface area contributed by atoms with Crippen molar-refractivity contribution in [2.24, 2.45) is 0 Å². The first-order valence-electron chi connectivity index (χ1n) is 5.45. The number of halogens is 1. The number of furan rings is 1. The van der Waals surface area contributed by atoms with E-state index in [2.05, 4.69) is 17.2 Å². The van der Waals surface area contributed by atoms with Gasteiger partial charge < -0.3 is 14.8 Å². The zero-order chi connectivity index (χ0) is 13.7. The van der Waals surface area contributed by atoms with E-state index in [0.29, 0.717) is 16.3 Å². The maximum atomic E-state index is 11.8. The summed E-state index contributed by atoms with van der Waals surface area (Å²) in [5.41, 5.74) is 1.08. The lowest BCUT2D eigenvalue weighted by molar-refractivity contribution is 0.0996. The maximum Gasteiger partial charge on any atom is 0.291 e. The maximum absolute atomic E-state index is 11.8. The second-order valence-electron chi connectivity index (χ2n) is 3.59. The number of aliphatic hydroxyl groups excluding tert-OH is 1. The minimum atomic E-state index is -0.390. The van der Waals surface area contributed by atoms with Gasteiger partial charge in [0, 0.05) is 5.56 Å². The molecule has 0 saturated carbocycles. The van der Waals surface area contributed by atoms with Gasteiger partial charge in [0.1, 0.15) is 6.61 Å². The highest BCUT2D eigenvalue weighted by Gasteiger charge is 2.10. The molecule has 1 aromatic carbocycles. The van der Waals surface area contributed by atoms with Gasteiger partial charge in [-0.2, -0.15) is 0 Å². The van der Waals surface area contributed by atoms with Crippen LogP contribution in [0.3, 0.4) is 0 Å². The number of hydrogen-bond donors (Lipinski definition) is 2. The van der Waals surface area contributed by atoms with Gasteiger partial charge in [-0.15, -0.1) is 0 Å². The quantitative estimate of drug-likeness (QED) is 0.828. The average Bonchev–Trinajstić information content (AvgIpc) is 2.93. The number of nitrogens with one attached hydrogen (secondary N) is 1. The number of carbonyl (C=O) groups excluding carboxylic acids is 1. The van der Waals surface area contributed by atoms with Gasteiger partial charge in [0.05, 0.1) is 17.0 Å². The Morgan fingerprint density at radius 2 is 2.26 bits per heavy atom. The summed E-state index contributed by atoms with van der Waals surface area (Å²) >= 11 is 5.99. The highest BCUT2D eigenvalue weighted by molar-refractivity contribution is 6.33. The van der Waals surface area contributed by atoms with Crippen LogP contribution < -0.4 is 5.32 Å². The highest BCUT2D eigenvalue weighted by Crippen LogP contribution is 2.23. The fourth-order valence-electron chi connectivity index (χ4n) is 1.43. The summed E-state index contributed by atoms with van der Waals surface area (Å²) < 4.78 is 4.99. The molecule has 1 aromatic heterocycles. The van der Waals surface area contributed by atoms with Crippen LogP contribution in [0.15, 0.2) is 41.0 Å². The molecule has 0 aliphatic carbocycles. The van der Waals surface area contributed by atoms with Crippen molar-refractivity contribution in [1.82, 2.24) is 0 Å². The number of anilines is 1. The van der Waals surface area contributed by atoms with Gasteiger partial charge in [-0.3, -0.25) is 4.79 Å². The first kappa shape index (κ1) is 13.2. The summed E-state index contributed by atoms with van der Waals surface area (Å²) in [5.74, 6) is 5.07. The van der Waals surface area contributed by atoms with Crippen LogP contribution >= 0.6 is 11.6 Å². The second-order valence-corrected chi connectivity index (χ2v) is 3.99. The third-order valence-corrected chi connectivity index (χ3v) is 2.60. The third kappa shape index (κ3) is 3.38. The van der Waals surface area contributed by atoms with Gasteiger partial charge in [-0.05, 0) is 30.3 Å². The molecule has 0 spiro atoms. The van der Waals surface area contributed by atoms with Crippen molar-refractivity contribution >= 4 is 23.2 Å². The molecule has 0 unspecified atom stereocenters. The van der Waals surface area contributed by atoms with Crippen molar-refractivity contribution in [3.05, 3.63) is 52.9 Å².